The highest BCUT2D eigenvalue weighted by Crippen LogP contribution is 2.33. The first-order chi connectivity index (χ1) is 17.2. The fourth-order valence-electron chi connectivity index (χ4n) is 3.64. The molecule has 0 unspecified atom stereocenters. The van der Waals surface area contributed by atoms with E-state index in [-0.39, 0.29) is 25.2 Å². The molecule has 2 aromatic rings. The number of carbonyl (C=O) groups excluding carboxylic acids is 3. The zero-order valence-corrected chi connectivity index (χ0v) is 22.5. The largest absolute Gasteiger partial charge is 0.493 e. The van der Waals surface area contributed by atoms with E-state index in [9.17, 15) is 14.4 Å². The molecule has 0 spiro atoms. The Balaban J connectivity index is 1.54. The van der Waals surface area contributed by atoms with Gasteiger partial charge in [0, 0.05) is 18.8 Å². The van der Waals surface area contributed by atoms with Gasteiger partial charge in [-0.3, -0.25) is 14.4 Å². The minimum absolute atomic E-state index is 0.0571. The molecule has 1 saturated heterocycles. The minimum atomic E-state index is -0.874. The lowest BCUT2D eigenvalue weighted by atomic mass is 10.1. The molecule has 11 heteroatoms. The van der Waals surface area contributed by atoms with E-state index in [1.165, 1.54) is 13.3 Å². The van der Waals surface area contributed by atoms with Crippen molar-refractivity contribution in [2.45, 2.75) is 32.8 Å². The van der Waals surface area contributed by atoms with Gasteiger partial charge in [0.25, 0.3) is 5.91 Å². The lowest BCUT2D eigenvalue weighted by Gasteiger charge is -2.14. The van der Waals surface area contributed by atoms with Crippen LogP contribution in [0.5, 0.6) is 11.5 Å². The van der Waals surface area contributed by atoms with Gasteiger partial charge in [-0.1, -0.05) is 6.07 Å². The summed E-state index contributed by atoms with van der Waals surface area (Å²) in [5.74, 6) is -1.16. The molecule has 0 aromatic heterocycles. The number of hydrogen-bond donors (Lipinski definition) is 3. The fraction of sp³-hybridized carbons (Fsp3) is 0.360. The third-order valence-corrected chi connectivity index (χ3v) is 6.01. The van der Waals surface area contributed by atoms with Gasteiger partial charge < -0.3 is 24.8 Å². The van der Waals surface area contributed by atoms with Gasteiger partial charge in [-0.25, -0.2) is 5.43 Å². The van der Waals surface area contributed by atoms with Crippen molar-refractivity contribution in [3.8, 4) is 11.5 Å². The smallest absolute Gasteiger partial charge is 0.329 e. The number of anilines is 1. The average Bonchev–Trinajstić information content (AvgIpc) is 3.34. The third kappa shape index (κ3) is 8.19. The number of carbonyl (C=O) groups is 3. The van der Waals surface area contributed by atoms with Crippen LogP contribution in [0.1, 0.15) is 29.5 Å². The van der Waals surface area contributed by atoms with Gasteiger partial charge in [-0.15, -0.1) is 0 Å². The number of rotatable bonds is 9. The first-order valence-electron chi connectivity index (χ1n) is 11.4. The second-order valence-corrected chi connectivity index (χ2v) is 9.45. The van der Waals surface area contributed by atoms with Gasteiger partial charge in [0.1, 0.15) is 0 Å². The van der Waals surface area contributed by atoms with Gasteiger partial charge >= 0.3 is 11.8 Å². The lowest BCUT2D eigenvalue weighted by Crippen LogP contribution is -2.41. The Morgan fingerprint density at radius 1 is 1.14 bits per heavy atom. The van der Waals surface area contributed by atoms with Crippen LogP contribution in [0.2, 0.25) is 0 Å². The van der Waals surface area contributed by atoms with Crippen LogP contribution in [-0.2, 0) is 19.1 Å². The van der Waals surface area contributed by atoms with Gasteiger partial charge in [-0.2, -0.15) is 5.10 Å². The number of hydrazone groups is 1. The maximum Gasteiger partial charge on any atom is 0.329 e. The van der Waals surface area contributed by atoms with E-state index in [4.69, 9.17) is 14.2 Å². The molecule has 0 bridgehead atoms. The Labute approximate surface area is 223 Å². The number of methoxy groups -OCH3 is 1. The van der Waals surface area contributed by atoms with Gasteiger partial charge in [0.2, 0.25) is 0 Å². The van der Waals surface area contributed by atoms with E-state index < -0.39 is 11.8 Å². The number of benzene rings is 2. The Morgan fingerprint density at radius 3 is 2.56 bits per heavy atom. The maximum atomic E-state index is 12.4. The van der Waals surface area contributed by atoms with Crippen LogP contribution in [0.4, 0.5) is 5.69 Å². The summed E-state index contributed by atoms with van der Waals surface area (Å²) in [6.45, 7) is 4.68. The highest BCUT2D eigenvalue weighted by Gasteiger charge is 2.19. The van der Waals surface area contributed by atoms with Gasteiger partial charge in [0.15, 0.2) is 18.1 Å². The summed E-state index contributed by atoms with van der Waals surface area (Å²) in [5, 5.41) is 9.20. The number of aryl methyl sites for hydroxylation is 2. The molecule has 0 aliphatic carbocycles. The molecular formula is C25H29IN4O6. The number of ether oxygens (including phenoxy) is 3. The summed E-state index contributed by atoms with van der Waals surface area (Å²) in [5.41, 5.74) is 5.61. The molecule has 1 fully saturated rings. The van der Waals surface area contributed by atoms with E-state index >= 15 is 0 Å². The van der Waals surface area contributed by atoms with Crippen LogP contribution >= 0.6 is 22.6 Å². The number of nitrogens with one attached hydrogen (secondary N) is 3. The molecular weight excluding hydrogens is 579 g/mol. The molecule has 1 aliphatic rings. The molecule has 0 radical (unpaired) electrons. The molecule has 10 nitrogen and oxygen atoms in total. The van der Waals surface area contributed by atoms with Crippen molar-refractivity contribution in [2.75, 3.05) is 32.2 Å². The minimum Gasteiger partial charge on any atom is -0.493 e. The lowest BCUT2D eigenvalue weighted by molar-refractivity contribution is -0.139. The van der Waals surface area contributed by atoms with E-state index in [1.54, 1.807) is 12.1 Å². The predicted molar refractivity (Wildman–Crippen MR) is 143 cm³/mol. The van der Waals surface area contributed by atoms with Crippen molar-refractivity contribution < 1.29 is 28.6 Å². The molecule has 3 rings (SSSR count). The Morgan fingerprint density at radius 2 is 1.89 bits per heavy atom. The van der Waals surface area contributed by atoms with Crippen LogP contribution in [0.3, 0.4) is 0 Å². The fourth-order valence-corrected chi connectivity index (χ4v) is 4.43. The molecule has 3 N–H and O–H groups in total. The number of halogens is 1. The summed E-state index contributed by atoms with van der Waals surface area (Å²) >= 11 is 2.06. The first-order valence-corrected chi connectivity index (χ1v) is 12.4. The number of hydrogen-bond acceptors (Lipinski definition) is 7. The molecule has 1 atom stereocenters. The monoisotopic (exact) mass is 608 g/mol. The Hall–Kier alpha value is -3.19. The summed E-state index contributed by atoms with van der Waals surface area (Å²) in [4.78, 5) is 36.2. The second kappa shape index (κ2) is 13.2. The van der Waals surface area contributed by atoms with Crippen molar-refractivity contribution in [3.63, 3.8) is 0 Å². The van der Waals surface area contributed by atoms with Crippen LogP contribution in [0.15, 0.2) is 35.4 Å². The first kappa shape index (κ1) is 27.4. The second-order valence-electron chi connectivity index (χ2n) is 8.29. The molecule has 2 aromatic carbocycles. The van der Waals surface area contributed by atoms with Gasteiger partial charge in [-0.05, 0) is 90.2 Å². The van der Waals surface area contributed by atoms with Crippen molar-refractivity contribution in [3.05, 3.63) is 50.6 Å². The van der Waals surface area contributed by atoms with Crippen LogP contribution in [0.25, 0.3) is 0 Å². The summed E-state index contributed by atoms with van der Waals surface area (Å²) in [6.07, 6.45) is 3.13. The van der Waals surface area contributed by atoms with Gasteiger partial charge in [0.05, 0.1) is 23.0 Å². The Bertz CT molecular complexity index is 1130. The number of amides is 3. The summed E-state index contributed by atoms with van der Waals surface area (Å²) in [7, 11) is 1.48. The summed E-state index contributed by atoms with van der Waals surface area (Å²) < 4.78 is 17.2. The Kier molecular flexibility index (Phi) is 10.1. The molecule has 1 heterocycles. The predicted octanol–water partition coefficient (Wildman–Crippen LogP) is 2.68. The molecule has 1 aliphatic heterocycles. The molecule has 0 saturated carbocycles. The molecule has 36 heavy (non-hydrogen) atoms. The van der Waals surface area contributed by atoms with Crippen molar-refractivity contribution >= 4 is 52.2 Å². The van der Waals surface area contributed by atoms with Crippen molar-refractivity contribution in [1.29, 1.82) is 0 Å². The van der Waals surface area contributed by atoms with Crippen molar-refractivity contribution in [2.24, 2.45) is 5.10 Å². The summed E-state index contributed by atoms with van der Waals surface area (Å²) in [6, 6.07) is 9.18. The number of nitrogens with zero attached hydrogens (tertiary/aromatic N) is 1. The van der Waals surface area contributed by atoms with E-state index in [1.807, 2.05) is 32.0 Å². The standard InChI is InChI=1S/C25H29IN4O6/c1-15-7-16(2)9-18(8-15)29-22(31)14-36-23-20(26)10-17(11-21(23)34-3)12-28-30-25(33)24(32)27-13-19-5-4-6-35-19/h7-12,19H,4-6,13-14H2,1-3H3,(H,27,32)(H,29,31)(H,30,33)/b28-12-/t19-/m1/s1. The third-order valence-electron chi connectivity index (χ3n) is 5.21. The average molecular weight is 608 g/mol. The zero-order valence-electron chi connectivity index (χ0n) is 20.4. The normalized spacial score (nSPS) is 14.9. The van der Waals surface area contributed by atoms with E-state index in [2.05, 4.69) is 43.8 Å². The molecule has 192 valence electrons. The topological polar surface area (TPSA) is 127 Å². The van der Waals surface area contributed by atoms with E-state index in [0.717, 1.165) is 24.0 Å². The highest BCUT2D eigenvalue weighted by molar-refractivity contribution is 14.1. The van der Waals surface area contributed by atoms with Crippen LogP contribution in [-0.4, -0.2) is 56.9 Å². The van der Waals surface area contributed by atoms with Crippen molar-refractivity contribution in [1.82, 2.24) is 10.7 Å². The quantitative estimate of drug-likeness (QED) is 0.174. The SMILES string of the molecule is COc1cc(/C=N\NC(=O)C(=O)NC[C@H]2CCCO2)cc(I)c1OCC(=O)Nc1cc(C)cc(C)c1. The zero-order chi connectivity index (χ0) is 26.1. The van der Waals surface area contributed by atoms with Crippen LogP contribution < -0.4 is 25.5 Å². The van der Waals surface area contributed by atoms with E-state index in [0.29, 0.717) is 32.9 Å². The maximum absolute atomic E-state index is 12.4. The highest BCUT2D eigenvalue weighted by atomic mass is 127. The van der Waals surface area contributed by atoms with Crippen LogP contribution in [0, 0.1) is 17.4 Å². The molecule has 3 amide bonds.